The van der Waals surface area contributed by atoms with Gasteiger partial charge in [0.2, 0.25) is 0 Å². The van der Waals surface area contributed by atoms with E-state index in [-0.39, 0.29) is 17.7 Å². The van der Waals surface area contributed by atoms with Crippen molar-refractivity contribution in [2.24, 2.45) is 5.73 Å². The lowest BCUT2D eigenvalue weighted by molar-refractivity contribution is 0.0465. The smallest absolute Gasteiger partial charge is 0.283 e. The van der Waals surface area contributed by atoms with E-state index in [0.29, 0.717) is 24.2 Å². The highest BCUT2D eigenvalue weighted by Crippen LogP contribution is 2.24. The van der Waals surface area contributed by atoms with Gasteiger partial charge in [-0.15, -0.1) is 0 Å². The normalized spacial score (nSPS) is 20.1. The number of rotatable bonds is 3. The number of aromatic nitrogens is 2. The maximum absolute atomic E-state index is 12.2. The van der Waals surface area contributed by atoms with Gasteiger partial charge in [0.05, 0.1) is 30.6 Å². The fourth-order valence-electron chi connectivity index (χ4n) is 2.11. The van der Waals surface area contributed by atoms with Gasteiger partial charge in [-0.1, -0.05) is 0 Å². The molecule has 0 radical (unpaired) electrons. The summed E-state index contributed by atoms with van der Waals surface area (Å²) in [7, 11) is 0. The lowest BCUT2D eigenvalue weighted by Crippen LogP contribution is -2.46. The van der Waals surface area contributed by atoms with Crippen LogP contribution in [0.3, 0.4) is 0 Å². The van der Waals surface area contributed by atoms with Crippen LogP contribution >= 0.6 is 15.9 Å². The molecule has 0 amide bonds. The summed E-state index contributed by atoms with van der Waals surface area (Å²) < 4.78 is 7.54. The second-order valence-electron chi connectivity index (χ2n) is 4.86. The Labute approximate surface area is 120 Å². The molecule has 0 aliphatic carbocycles. The Morgan fingerprint density at radius 1 is 1.63 bits per heavy atom. The lowest BCUT2D eigenvalue weighted by Gasteiger charge is -2.34. The minimum absolute atomic E-state index is 0.00757. The van der Waals surface area contributed by atoms with Crippen LogP contribution in [0.2, 0.25) is 0 Å². The molecule has 6 nitrogen and oxygen atoms in total. The first kappa shape index (κ1) is 14.5. The minimum atomic E-state index is -0.108. The zero-order valence-electron chi connectivity index (χ0n) is 11.2. The Morgan fingerprint density at radius 2 is 2.37 bits per heavy atom. The molecule has 106 valence electrons. The third-order valence-corrected chi connectivity index (χ3v) is 3.90. The molecule has 1 aliphatic rings. The summed E-state index contributed by atoms with van der Waals surface area (Å²) in [5.41, 5.74) is 6.33. The quantitative estimate of drug-likeness (QED) is 0.885. The third-order valence-electron chi connectivity index (χ3n) is 3.16. The van der Waals surface area contributed by atoms with Gasteiger partial charge in [-0.2, -0.15) is 5.10 Å². The summed E-state index contributed by atoms with van der Waals surface area (Å²) in [5, 5.41) is 4.23. The number of ether oxygens (including phenoxy) is 1. The Bertz CT molecular complexity index is 503. The summed E-state index contributed by atoms with van der Waals surface area (Å²) in [6, 6.07) is 0.0410. The van der Waals surface area contributed by atoms with Crippen molar-refractivity contribution in [3.63, 3.8) is 0 Å². The van der Waals surface area contributed by atoms with E-state index < -0.39 is 0 Å². The summed E-state index contributed by atoms with van der Waals surface area (Å²) >= 11 is 3.39. The number of halogens is 1. The monoisotopic (exact) mass is 330 g/mol. The first-order valence-electron chi connectivity index (χ1n) is 6.38. The van der Waals surface area contributed by atoms with Crippen molar-refractivity contribution in [1.82, 2.24) is 9.78 Å². The molecule has 1 saturated heterocycles. The van der Waals surface area contributed by atoms with Crippen LogP contribution in [0.4, 0.5) is 5.69 Å². The second kappa shape index (κ2) is 6.02. The van der Waals surface area contributed by atoms with Gasteiger partial charge in [0.15, 0.2) is 0 Å². The van der Waals surface area contributed by atoms with Crippen molar-refractivity contribution in [2.75, 3.05) is 31.1 Å². The van der Waals surface area contributed by atoms with Gasteiger partial charge in [0.25, 0.3) is 5.56 Å². The van der Waals surface area contributed by atoms with E-state index in [4.69, 9.17) is 10.5 Å². The number of hydrogen-bond donors (Lipinski definition) is 1. The van der Waals surface area contributed by atoms with Gasteiger partial charge in [0.1, 0.15) is 4.47 Å². The van der Waals surface area contributed by atoms with Crippen LogP contribution < -0.4 is 16.2 Å². The molecule has 2 rings (SSSR count). The molecule has 0 bridgehead atoms. The molecular weight excluding hydrogens is 312 g/mol. The molecule has 19 heavy (non-hydrogen) atoms. The van der Waals surface area contributed by atoms with Gasteiger partial charge in [-0.3, -0.25) is 4.79 Å². The lowest BCUT2D eigenvalue weighted by atomic mass is 10.2. The van der Waals surface area contributed by atoms with Crippen LogP contribution in [0.1, 0.15) is 19.9 Å². The molecule has 2 N–H and O–H groups in total. The summed E-state index contributed by atoms with van der Waals surface area (Å²) in [6.07, 6.45) is 1.73. The van der Waals surface area contributed by atoms with E-state index in [1.807, 2.05) is 13.8 Å². The summed E-state index contributed by atoms with van der Waals surface area (Å²) in [5.74, 6) is 0. The Kier molecular flexibility index (Phi) is 4.59. The average Bonchev–Trinajstić information content (AvgIpc) is 2.41. The molecule has 1 aromatic heterocycles. The molecule has 1 aliphatic heterocycles. The molecule has 1 aromatic rings. The highest BCUT2D eigenvalue weighted by molar-refractivity contribution is 9.10. The molecule has 0 aromatic carbocycles. The third kappa shape index (κ3) is 2.98. The Hall–Kier alpha value is -0.920. The molecule has 1 atom stereocenters. The highest BCUT2D eigenvalue weighted by Gasteiger charge is 2.23. The highest BCUT2D eigenvalue weighted by atomic mass is 79.9. The van der Waals surface area contributed by atoms with Crippen molar-refractivity contribution >= 4 is 21.6 Å². The zero-order chi connectivity index (χ0) is 14.0. The van der Waals surface area contributed by atoms with Crippen molar-refractivity contribution in [3.8, 4) is 0 Å². The first-order valence-corrected chi connectivity index (χ1v) is 7.17. The van der Waals surface area contributed by atoms with E-state index in [1.54, 1.807) is 6.20 Å². The molecule has 1 fully saturated rings. The van der Waals surface area contributed by atoms with Gasteiger partial charge >= 0.3 is 0 Å². The molecule has 0 spiro atoms. The number of hydrogen-bond acceptors (Lipinski definition) is 5. The molecule has 7 heteroatoms. The Balaban J connectivity index is 2.30. The predicted octanol–water partition coefficient (Wildman–Crippen LogP) is 0.751. The van der Waals surface area contributed by atoms with E-state index in [9.17, 15) is 4.79 Å². The van der Waals surface area contributed by atoms with Crippen LogP contribution in [0.15, 0.2) is 15.5 Å². The zero-order valence-corrected chi connectivity index (χ0v) is 12.8. The first-order chi connectivity index (χ1) is 9.04. The van der Waals surface area contributed by atoms with Crippen LogP contribution in [0, 0.1) is 0 Å². The largest absolute Gasteiger partial charge is 0.373 e. The fraction of sp³-hybridized carbons (Fsp3) is 0.667. The van der Waals surface area contributed by atoms with Crippen molar-refractivity contribution < 1.29 is 4.74 Å². The Morgan fingerprint density at radius 3 is 3.00 bits per heavy atom. The number of nitrogens with two attached hydrogens (primary N) is 1. The van der Waals surface area contributed by atoms with Crippen molar-refractivity contribution in [3.05, 3.63) is 21.0 Å². The number of morpholine rings is 1. The SMILES string of the molecule is CC(C)n1ncc(N2CCOC(CN)C2)c(Br)c1=O. The minimum Gasteiger partial charge on any atom is -0.373 e. The van der Waals surface area contributed by atoms with Gasteiger partial charge in [-0.05, 0) is 29.8 Å². The van der Waals surface area contributed by atoms with Crippen molar-refractivity contribution in [2.45, 2.75) is 26.0 Å². The van der Waals surface area contributed by atoms with Gasteiger partial charge in [0, 0.05) is 19.6 Å². The van der Waals surface area contributed by atoms with E-state index in [0.717, 1.165) is 12.2 Å². The van der Waals surface area contributed by atoms with Gasteiger partial charge in [-0.25, -0.2) is 4.68 Å². The van der Waals surface area contributed by atoms with Crippen LogP contribution in [0.25, 0.3) is 0 Å². The number of nitrogens with zero attached hydrogens (tertiary/aromatic N) is 3. The molecule has 0 saturated carbocycles. The van der Waals surface area contributed by atoms with Crippen LogP contribution in [-0.4, -0.2) is 42.1 Å². The molecule has 1 unspecified atom stereocenters. The average molecular weight is 331 g/mol. The standard InChI is InChI=1S/C12H19BrN4O2/c1-8(2)17-12(18)11(13)10(6-15-17)16-3-4-19-9(5-14)7-16/h6,8-9H,3-5,7,14H2,1-2H3. The van der Waals surface area contributed by atoms with Crippen LogP contribution in [-0.2, 0) is 4.74 Å². The van der Waals surface area contributed by atoms with E-state index >= 15 is 0 Å². The number of anilines is 1. The summed E-state index contributed by atoms with van der Waals surface area (Å²) in [4.78, 5) is 14.3. The fourth-order valence-corrected chi connectivity index (χ4v) is 2.64. The van der Waals surface area contributed by atoms with Crippen molar-refractivity contribution in [1.29, 1.82) is 0 Å². The van der Waals surface area contributed by atoms with Crippen LogP contribution in [0.5, 0.6) is 0 Å². The molecule has 2 heterocycles. The second-order valence-corrected chi connectivity index (χ2v) is 5.65. The summed E-state index contributed by atoms with van der Waals surface area (Å²) in [6.45, 7) is 6.37. The topological polar surface area (TPSA) is 73.4 Å². The van der Waals surface area contributed by atoms with E-state index in [2.05, 4.69) is 25.9 Å². The maximum atomic E-state index is 12.2. The van der Waals surface area contributed by atoms with E-state index in [1.165, 1.54) is 4.68 Å². The molecular formula is C12H19BrN4O2. The predicted molar refractivity (Wildman–Crippen MR) is 77.6 cm³/mol. The van der Waals surface area contributed by atoms with Gasteiger partial charge < -0.3 is 15.4 Å². The maximum Gasteiger partial charge on any atom is 0.283 e.